The number of nitrogens with zero attached hydrogens (tertiary/aromatic N) is 5. The van der Waals surface area contributed by atoms with Crippen LogP contribution in [0.5, 0.6) is 11.5 Å². The Labute approximate surface area is 212 Å². The van der Waals surface area contributed by atoms with Crippen molar-refractivity contribution < 1.29 is 23.8 Å². The molecule has 1 heterocycles. The molecule has 3 rings (SSSR count). The maximum atomic E-state index is 13.4. The number of hydrogen-bond acceptors (Lipinski definition) is 8. The van der Waals surface area contributed by atoms with Crippen molar-refractivity contribution in [2.75, 3.05) is 34.0 Å². The number of carbonyl (C=O) groups excluding carboxylic acids is 2. The van der Waals surface area contributed by atoms with E-state index >= 15 is 0 Å². The maximum Gasteiger partial charge on any atom is 0.246 e. The molecule has 0 saturated heterocycles. The van der Waals surface area contributed by atoms with Gasteiger partial charge in [0.2, 0.25) is 17.6 Å². The van der Waals surface area contributed by atoms with Crippen LogP contribution in [0.3, 0.4) is 0 Å². The van der Waals surface area contributed by atoms with Crippen molar-refractivity contribution in [2.24, 2.45) is 0 Å². The summed E-state index contributed by atoms with van der Waals surface area (Å²) in [5.41, 5.74) is 0.683. The van der Waals surface area contributed by atoms with Gasteiger partial charge in [-0.1, -0.05) is 19.8 Å². The third-order valence-corrected chi connectivity index (χ3v) is 6.35. The lowest BCUT2D eigenvalue weighted by molar-refractivity contribution is -0.142. The zero-order valence-corrected chi connectivity index (χ0v) is 21.7. The van der Waals surface area contributed by atoms with Gasteiger partial charge in [0.15, 0.2) is 11.5 Å². The fourth-order valence-corrected chi connectivity index (χ4v) is 4.46. The van der Waals surface area contributed by atoms with Gasteiger partial charge in [-0.3, -0.25) is 9.59 Å². The highest BCUT2D eigenvalue weighted by atomic mass is 16.5. The van der Waals surface area contributed by atoms with Gasteiger partial charge in [-0.05, 0) is 56.0 Å². The van der Waals surface area contributed by atoms with E-state index in [4.69, 9.17) is 14.2 Å². The number of ether oxygens (including phenoxy) is 3. The fourth-order valence-electron chi connectivity index (χ4n) is 4.46. The van der Waals surface area contributed by atoms with Crippen LogP contribution in [0.25, 0.3) is 11.4 Å². The second kappa shape index (κ2) is 13.8. The predicted molar refractivity (Wildman–Crippen MR) is 134 cm³/mol. The number of carbonyl (C=O) groups is 2. The number of methoxy groups -OCH3 is 2. The van der Waals surface area contributed by atoms with E-state index in [2.05, 4.69) is 20.7 Å². The summed E-state index contributed by atoms with van der Waals surface area (Å²) in [5.74, 6) is 1.15. The third kappa shape index (κ3) is 7.16. The summed E-state index contributed by atoms with van der Waals surface area (Å²) in [7, 11) is 3.12. The van der Waals surface area contributed by atoms with Crippen LogP contribution in [0.15, 0.2) is 18.2 Å². The van der Waals surface area contributed by atoms with E-state index in [0.29, 0.717) is 55.5 Å². The molecule has 0 radical (unpaired) electrons. The molecular weight excluding hydrogens is 464 g/mol. The first-order valence-corrected chi connectivity index (χ1v) is 12.7. The molecule has 1 saturated carbocycles. The van der Waals surface area contributed by atoms with Gasteiger partial charge >= 0.3 is 0 Å². The van der Waals surface area contributed by atoms with Crippen LogP contribution in [0, 0.1) is 0 Å². The van der Waals surface area contributed by atoms with Crippen LogP contribution in [0.4, 0.5) is 0 Å². The lowest BCUT2D eigenvalue weighted by Crippen LogP contribution is -2.52. The van der Waals surface area contributed by atoms with Gasteiger partial charge in [0, 0.05) is 31.4 Å². The van der Waals surface area contributed by atoms with Crippen molar-refractivity contribution in [3.8, 4) is 22.9 Å². The number of aromatic nitrogens is 4. The highest BCUT2D eigenvalue weighted by Gasteiger charge is 2.30. The first-order valence-electron chi connectivity index (χ1n) is 12.7. The van der Waals surface area contributed by atoms with Crippen LogP contribution < -0.4 is 14.8 Å². The molecular formula is C25H38N6O5. The van der Waals surface area contributed by atoms with E-state index < -0.39 is 6.04 Å². The molecule has 1 aromatic carbocycles. The summed E-state index contributed by atoms with van der Waals surface area (Å²) in [6.45, 7) is 5.26. The van der Waals surface area contributed by atoms with Gasteiger partial charge < -0.3 is 24.4 Å². The summed E-state index contributed by atoms with van der Waals surface area (Å²) in [6, 6.07) is 4.93. The third-order valence-electron chi connectivity index (χ3n) is 6.35. The van der Waals surface area contributed by atoms with Crippen LogP contribution in [0.2, 0.25) is 0 Å². The van der Waals surface area contributed by atoms with Gasteiger partial charge in [-0.2, -0.15) is 4.80 Å². The monoisotopic (exact) mass is 502 g/mol. The smallest absolute Gasteiger partial charge is 0.246 e. The quantitative estimate of drug-likeness (QED) is 0.391. The summed E-state index contributed by atoms with van der Waals surface area (Å²) in [4.78, 5) is 29.4. The maximum absolute atomic E-state index is 13.4. The van der Waals surface area contributed by atoms with Crippen molar-refractivity contribution in [3.05, 3.63) is 18.2 Å². The van der Waals surface area contributed by atoms with Crippen LogP contribution in [-0.2, 0) is 20.9 Å². The lowest BCUT2D eigenvalue weighted by atomic mass is 10.1. The molecule has 198 valence electrons. The Morgan fingerprint density at radius 1 is 1.17 bits per heavy atom. The minimum Gasteiger partial charge on any atom is -0.493 e. The standard InChI is InChI=1S/C25H38N6O5/c1-5-20(25(33)26-19-10-7-8-11-19)30(14-9-15-36-6-2)23(32)17-31-28-24(27-29-31)18-12-13-21(34-3)22(16-18)35-4/h12-13,16,19-20H,5-11,14-15,17H2,1-4H3,(H,26,33)/t20-/m0/s1. The highest BCUT2D eigenvalue weighted by molar-refractivity contribution is 5.87. The Balaban J connectivity index is 1.73. The lowest BCUT2D eigenvalue weighted by Gasteiger charge is -2.31. The molecule has 2 amide bonds. The van der Waals surface area contributed by atoms with Crippen molar-refractivity contribution in [2.45, 2.75) is 71.0 Å². The largest absolute Gasteiger partial charge is 0.493 e. The zero-order chi connectivity index (χ0) is 25.9. The Morgan fingerprint density at radius 3 is 2.58 bits per heavy atom. The van der Waals surface area contributed by atoms with E-state index in [9.17, 15) is 9.59 Å². The molecule has 1 aromatic heterocycles. The van der Waals surface area contributed by atoms with Crippen LogP contribution in [0.1, 0.15) is 52.4 Å². The van der Waals surface area contributed by atoms with Crippen molar-refractivity contribution in [3.63, 3.8) is 0 Å². The number of tetrazole rings is 1. The van der Waals surface area contributed by atoms with Crippen LogP contribution in [-0.4, -0.2) is 83.0 Å². The van der Waals surface area contributed by atoms with Gasteiger partial charge in [0.05, 0.1) is 14.2 Å². The number of benzene rings is 1. The molecule has 11 heteroatoms. The van der Waals surface area contributed by atoms with E-state index in [0.717, 1.165) is 25.7 Å². The molecule has 1 aliphatic carbocycles. The molecule has 11 nitrogen and oxygen atoms in total. The average Bonchev–Trinajstić information content (AvgIpc) is 3.57. The molecule has 0 unspecified atom stereocenters. The first-order chi connectivity index (χ1) is 17.5. The van der Waals surface area contributed by atoms with Gasteiger partial charge in [0.25, 0.3) is 0 Å². The second-order valence-electron chi connectivity index (χ2n) is 8.76. The van der Waals surface area contributed by atoms with Crippen LogP contribution >= 0.6 is 0 Å². The van der Waals surface area contributed by atoms with Gasteiger partial charge in [-0.25, -0.2) is 0 Å². The number of nitrogens with one attached hydrogen (secondary N) is 1. The zero-order valence-electron chi connectivity index (χ0n) is 21.7. The van der Waals surface area contributed by atoms with E-state index in [1.807, 2.05) is 13.8 Å². The molecule has 1 fully saturated rings. The minimum atomic E-state index is -0.562. The van der Waals surface area contributed by atoms with Crippen molar-refractivity contribution in [1.29, 1.82) is 0 Å². The van der Waals surface area contributed by atoms with E-state index in [1.165, 1.54) is 4.80 Å². The Bertz CT molecular complexity index is 991. The summed E-state index contributed by atoms with van der Waals surface area (Å²) >= 11 is 0. The van der Waals surface area contributed by atoms with Crippen molar-refractivity contribution >= 4 is 11.8 Å². The predicted octanol–water partition coefficient (Wildman–Crippen LogP) is 2.45. The van der Waals surface area contributed by atoms with E-state index in [-0.39, 0.29) is 24.4 Å². The molecule has 0 aliphatic heterocycles. The second-order valence-corrected chi connectivity index (χ2v) is 8.76. The van der Waals surface area contributed by atoms with E-state index in [1.54, 1.807) is 37.3 Å². The molecule has 36 heavy (non-hydrogen) atoms. The molecule has 0 bridgehead atoms. The number of amides is 2. The molecule has 2 aromatic rings. The van der Waals surface area contributed by atoms with Gasteiger partial charge in [0.1, 0.15) is 12.6 Å². The Hall–Kier alpha value is -3.21. The highest BCUT2D eigenvalue weighted by Crippen LogP contribution is 2.30. The summed E-state index contributed by atoms with van der Waals surface area (Å²) < 4.78 is 16.1. The molecule has 1 N–H and O–H groups in total. The normalized spacial score (nSPS) is 14.4. The van der Waals surface area contributed by atoms with Gasteiger partial charge in [-0.15, -0.1) is 10.2 Å². The topological polar surface area (TPSA) is 121 Å². The van der Waals surface area contributed by atoms with Crippen molar-refractivity contribution in [1.82, 2.24) is 30.4 Å². The Morgan fingerprint density at radius 2 is 1.92 bits per heavy atom. The molecule has 1 aliphatic rings. The molecule has 0 spiro atoms. The Kier molecular flexibility index (Phi) is 10.5. The average molecular weight is 503 g/mol. The summed E-state index contributed by atoms with van der Waals surface area (Å²) in [6.07, 6.45) is 5.37. The minimum absolute atomic E-state index is 0.105. The molecule has 1 atom stereocenters. The number of rotatable bonds is 14. The first kappa shape index (κ1) is 27.4. The number of hydrogen-bond donors (Lipinski definition) is 1. The SMILES string of the molecule is CCOCCCN(C(=O)Cn1nnc(-c2ccc(OC)c(OC)c2)n1)[C@@H](CC)C(=O)NC1CCCC1. The fraction of sp³-hybridized carbons (Fsp3) is 0.640. The summed E-state index contributed by atoms with van der Waals surface area (Å²) in [5, 5.41) is 15.7.